The minimum atomic E-state index is -0.444. The van der Waals surface area contributed by atoms with Gasteiger partial charge in [0.05, 0.1) is 11.1 Å². The first kappa shape index (κ1) is 18.5. The Balaban J connectivity index is 1.24. The smallest absolute Gasteiger partial charge is 0.262 e. The van der Waals surface area contributed by atoms with Gasteiger partial charge in [-0.1, -0.05) is 47.6 Å². The summed E-state index contributed by atoms with van der Waals surface area (Å²) in [6.07, 6.45) is 1.09. The number of imide groups is 1. The van der Waals surface area contributed by atoms with Crippen molar-refractivity contribution in [1.82, 2.24) is 20.4 Å². The lowest BCUT2D eigenvalue weighted by Gasteiger charge is -2.13. The molecule has 0 unspecified atom stereocenters. The molecule has 4 rings (SSSR count). The number of carbonyl (C=O) groups is 3. The molecule has 2 aromatic carbocycles. The molecule has 1 N–H and O–H groups in total. The van der Waals surface area contributed by atoms with Gasteiger partial charge in [-0.2, -0.15) is 4.98 Å². The van der Waals surface area contributed by atoms with Crippen LogP contribution in [0.3, 0.4) is 0 Å². The number of aryl methyl sites for hydroxylation is 1. The van der Waals surface area contributed by atoms with E-state index in [0.29, 0.717) is 42.2 Å². The third-order valence-corrected chi connectivity index (χ3v) is 4.57. The summed E-state index contributed by atoms with van der Waals surface area (Å²) < 4.78 is 5.23. The average molecular weight is 390 g/mol. The molecule has 0 spiro atoms. The van der Waals surface area contributed by atoms with Crippen LogP contribution in [0.1, 0.15) is 33.0 Å². The number of fused-ring (bicyclic) bond motifs is 1. The first-order valence-electron chi connectivity index (χ1n) is 9.23. The predicted octanol–water partition coefficient (Wildman–Crippen LogP) is 2.08. The van der Waals surface area contributed by atoms with E-state index in [-0.39, 0.29) is 6.54 Å². The summed E-state index contributed by atoms with van der Waals surface area (Å²) in [5.41, 5.74) is 1.53. The topological polar surface area (TPSA) is 105 Å². The van der Waals surface area contributed by atoms with Gasteiger partial charge in [0.15, 0.2) is 0 Å². The maximum atomic E-state index is 12.3. The second-order valence-electron chi connectivity index (χ2n) is 6.57. The van der Waals surface area contributed by atoms with Gasteiger partial charge in [-0.05, 0) is 18.6 Å². The standard InChI is InChI=1S/C21H18N4O4/c26-17(13-25-20(27)15-9-4-5-10-16(15)21(25)28)22-12-6-11-18-23-19(24-29-18)14-7-2-1-3-8-14/h1-5,7-10H,6,11-13H2,(H,22,26). The number of carbonyl (C=O) groups excluding carboxylic acids is 3. The molecular formula is C21H18N4O4. The summed E-state index contributed by atoms with van der Waals surface area (Å²) in [5.74, 6) is -0.274. The number of nitrogens with zero attached hydrogens (tertiary/aromatic N) is 3. The Bertz CT molecular complexity index is 1030. The first-order chi connectivity index (χ1) is 14.1. The Morgan fingerprint density at radius 3 is 2.31 bits per heavy atom. The summed E-state index contributed by atoms with van der Waals surface area (Å²) >= 11 is 0. The highest BCUT2D eigenvalue weighted by molar-refractivity contribution is 6.22. The molecule has 0 bridgehead atoms. The predicted molar refractivity (Wildman–Crippen MR) is 103 cm³/mol. The summed E-state index contributed by atoms with van der Waals surface area (Å²) in [7, 11) is 0. The molecular weight excluding hydrogens is 372 g/mol. The Hall–Kier alpha value is -3.81. The van der Waals surface area contributed by atoms with Gasteiger partial charge in [-0.15, -0.1) is 0 Å². The molecule has 0 radical (unpaired) electrons. The van der Waals surface area contributed by atoms with Crippen LogP contribution in [0, 0.1) is 0 Å². The quantitative estimate of drug-likeness (QED) is 0.489. The Labute approximate surface area is 166 Å². The number of hydrogen-bond acceptors (Lipinski definition) is 6. The van der Waals surface area contributed by atoms with Crippen molar-refractivity contribution in [2.24, 2.45) is 0 Å². The molecule has 146 valence electrons. The molecule has 1 aliphatic heterocycles. The van der Waals surface area contributed by atoms with Crippen LogP contribution in [0.5, 0.6) is 0 Å². The highest BCUT2D eigenvalue weighted by Crippen LogP contribution is 2.21. The number of amides is 3. The van der Waals surface area contributed by atoms with Crippen LogP contribution in [0.2, 0.25) is 0 Å². The SMILES string of the molecule is O=C(CN1C(=O)c2ccccc2C1=O)NCCCc1nc(-c2ccccc2)no1. The van der Waals surface area contributed by atoms with Crippen molar-refractivity contribution in [2.75, 3.05) is 13.1 Å². The van der Waals surface area contributed by atoms with Crippen molar-refractivity contribution < 1.29 is 18.9 Å². The fourth-order valence-electron chi connectivity index (χ4n) is 3.11. The number of benzene rings is 2. The second kappa shape index (κ2) is 8.05. The highest BCUT2D eigenvalue weighted by Gasteiger charge is 2.36. The van der Waals surface area contributed by atoms with Gasteiger partial charge in [0, 0.05) is 18.5 Å². The number of rotatable bonds is 7. The zero-order valence-corrected chi connectivity index (χ0v) is 15.5. The summed E-state index contributed by atoms with van der Waals surface area (Å²) in [6, 6.07) is 16.0. The average Bonchev–Trinajstić information content (AvgIpc) is 3.32. The highest BCUT2D eigenvalue weighted by atomic mass is 16.5. The molecule has 0 atom stereocenters. The van der Waals surface area contributed by atoms with E-state index in [4.69, 9.17) is 4.52 Å². The third-order valence-electron chi connectivity index (χ3n) is 4.57. The summed E-state index contributed by atoms with van der Waals surface area (Å²) in [6.45, 7) is 0.0656. The molecule has 8 nitrogen and oxygen atoms in total. The molecule has 0 aliphatic carbocycles. The number of aromatic nitrogens is 2. The normalized spacial score (nSPS) is 12.9. The molecule has 1 aliphatic rings. The minimum Gasteiger partial charge on any atom is -0.355 e. The van der Waals surface area contributed by atoms with E-state index in [1.165, 1.54) is 0 Å². The van der Waals surface area contributed by atoms with E-state index in [2.05, 4.69) is 15.5 Å². The van der Waals surface area contributed by atoms with Crippen molar-refractivity contribution in [1.29, 1.82) is 0 Å². The van der Waals surface area contributed by atoms with E-state index >= 15 is 0 Å². The zero-order chi connectivity index (χ0) is 20.2. The van der Waals surface area contributed by atoms with Gasteiger partial charge in [0.1, 0.15) is 6.54 Å². The first-order valence-corrected chi connectivity index (χ1v) is 9.23. The van der Waals surface area contributed by atoms with Crippen molar-refractivity contribution in [3.8, 4) is 11.4 Å². The van der Waals surface area contributed by atoms with Gasteiger partial charge in [0.25, 0.3) is 11.8 Å². The molecule has 8 heteroatoms. The van der Waals surface area contributed by atoms with Crippen molar-refractivity contribution >= 4 is 17.7 Å². The van der Waals surface area contributed by atoms with Crippen LogP contribution in [-0.2, 0) is 11.2 Å². The van der Waals surface area contributed by atoms with Gasteiger partial charge in [-0.25, -0.2) is 0 Å². The van der Waals surface area contributed by atoms with Crippen molar-refractivity contribution in [2.45, 2.75) is 12.8 Å². The molecule has 2 heterocycles. The van der Waals surface area contributed by atoms with E-state index < -0.39 is 17.7 Å². The lowest BCUT2D eigenvalue weighted by molar-refractivity contribution is -0.121. The molecule has 0 saturated heterocycles. The Morgan fingerprint density at radius 1 is 0.966 bits per heavy atom. The maximum absolute atomic E-state index is 12.3. The summed E-state index contributed by atoms with van der Waals surface area (Å²) in [4.78, 5) is 42.0. The van der Waals surface area contributed by atoms with Crippen molar-refractivity contribution in [3.05, 3.63) is 71.6 Å². The Morgan fingerprint density at radius 2 is 1.62 bits per heavy atom. The lowest BCUT2D eigenvalue weighted by Crippen LogP contribution is -2.40. The van der Waals surface area contributed by atoms with Gasteiger partial charge in [0.2, 0.25) is 17.6 Å². The fraction of sp³-hybridized carbons (Fsp3) is 0.190. The second-order valence-corrected chi connectivity index (χ2v) is 6.57. The van der Waals surface area contributed by atoms with Gasteiger partial charge in [-0.3, -0.25) is 19.3 Å². The molecule has 29 heavy (non-hydrogen) atoms. The number of hydrogen-bond donors (Lipinski definition) is 1. The van der Waals surface area contributed by atoms with E-state index in [9.17, 15) is 14.4 Å². The fourth-order valence-corrected chi connectivity index (χ4v) is 3.11. The van der Waals surface area contributed by atoms with Crippen LogP contribution in [0.15, 0.2) is 59.1 Å². The number of nitrogens with one attached hydrogen (secondary N) is 1. The monoisotopic (exact) mass is 390 g/mol. The van der Waals surface area contributed by atoms with Gasteiger partial charge < -0.3 is 9.84 Å². The van der Waals surface area contributed by atoms with E-state index in [0.717, 1.165) is 10.5 Å². The van der Waals surface area contributed by atoms with Crippen LogP contribution < -0.4 is 5.32 Å². The van der Waals surface area contributed by atoms with E-state index in [1.54, 1.807) is 24.3 Å². The van der Waals surface area contributed by atoms with Gasteiger partial charge >= 0.3 is 0 Å². The van der Waals surface area contributed by atoms with Crippen LogP contribution in [0.25, 0.3) is 11.4 Å². The van der Waals surface area contributed by atoms with E-state index in [1.807, 2.05) is 30.3 Å². The van der Waals surface area contributed by atoms with Crippen LogP contribution in [0.4, 0.5) is 0 Å². The molecule has 3 amide bonds. The zero-order valence-electron chi connectivity index (χ0n) is 15.5. The molecule has 0 fully saturated rings. The largest absolute Gasteiger partial charge is 0.355 e. The minimum absolute atomic E-state index is 0.301. The van der Waals surface area contributed by atoms with Crippen LogP contribution in [-0.4, -0.2) is 45.9 Å². The molecule has 1 aromatic heterocycles. The van der Waals surface area contributed by atoms with Crippen molar-refractivity contribution in [3.63, 3.8) is 0 Å². The summed E-state index contributed by atoms with van der Waals surface area (Å²) in [5, 5.41) is 6.66. The lowest BCUT2D eigenvalue weighted by atomic mass is 10.1. The molecule has 3 aromatic rings. The molecule has 0 saturated carbocycles. The third kappa shape index (κ3) is 3.91. The van der Waals surface area contributed by atoms with Crippen LogP contribution >= 0.6 is 0 Å². The Kier molecular flexibility index (Phi) is 5.15. The maximum Gasteiger partial charge on any atom is 0.262 e.